The zero-order valence-electron chi connectivity index (χ0n) is 25.7. The molecule has 3 N–H and O–H groups in total. The number of quaternary nitrogens is 1. The number of azo groups is 1. The molecule has 23 heteroatoms. The van der Waals surface area contributed by atoms with E-state index < -0.39 is 32.6 Å². The number of piperidine rings is 1. The predicted molar refractivity (Wildman–Crippen MR) is 161 cm³/mol. The summed E-state index contributed by atoms with van der Waals surface area (Å²) < 4.78 is 66.2. The third-order valence-corrected chi connectivity index (χ3v) is 9.81. The molecule has 3 aromatic rings. The monoisotopic (exact) mass is 749 g/mol. The van der Waals surface area contributed by atoms with Crippen molar-refractivity contribution in [2.45, 2.75) is 36.0 Å². The zero-order chi connectivity index (χ0) is 32.7. The fourth-order valence-corrected chi connectivity index (χ4v) is 6.70. The summed E-state index contributed by atoms with van der Waals surface area (Å²) in [5.41, 5.74) is 6.86. The van der Waals surface area contributed by atoms with Crippen molar-refractivity contribution >= 4 is 78.5 Å². The summed E-state index contributed by atoms with van der Waals surface area (Å²) in [6.45, 7) is 3.69. The molecule has 2 heterocycles. The first-order valence-electron chi connectivity index (χ1n) is 13.3. The Morgan fingerprint density at radius 3 is 2.45 bits per heavy atom. The summed E-state index contributed by atoms with van der Waals surface area (Å²) >= 11 is 6.84. The molecule has 1 aliphatic rings. The first-order valence-corrected chi connectivity index (χ1v) is 17.4. The zero-order valence-corrected chi connectivity index (χ0v) is 32.9. The van der Waals surface area contributed by atoms with Crippen LogP contribution in [0.1, 0.15) is 26.2 Å². The van der Waals surface area contributed by atoms with E-state index >= 15 is 0 Å². The maximum atomic E-state index is 12.6. The van der Waals surface area contributed by atoms with Crippen LogP contribution in [-0.2, 0) is 33.8 Å². The predicted octanol–water partition coefficient (Wildman–Crippen LogP) is -2.73. The first-order chi connectivity index (χ1) is 21.3. The number of anilines is 3. The average molecular weight is 750 g/mol. The molecule has 0 atom stereocenters. The van der Waals surface area contributed by atoms with Crippen LogP contribution < -0.4 is 79.9 Å². The molecule has 1 aliphatic heterocycles. The van der Waals surface area contributed by atoms with Gasteiger partial charge in [-0.1, -0.05) is 6.07 Å². The largest absolute Gasteiger partial charge is 1.00 e. The Morgan fingerprint density at radius 2 is 1.79 bits per heavy atom. The Hall–Kier alpha value is -1.05. The van der Waals surface area contributed by atoms with Gasteiger partial charge in [-0.15, -0.1) is 15.1 Å². The molecule has 1 aromatic heterocycles. The van der Waals surface area contributed by atoms with E-state index in [4.69, 9.17) is 17.3 Å². The van der Waals surface area contributed by atoms with Crippen LogP contribution in [-0.4, -0.2) is 68.3 Å². The molecule has 2 aromatic carbocycles. The van der Waals surface area contributed by atoms with Crippen molar-refractivity contribution in [1.29, 1.82) is 0 Å². The first kappa shape index (κ1) is 42.1. The molecular formula is C24H28ClN8Na2O9S3+. The van der Waals surface area contributed by atoms with Crippen LogP contribution in [0.3, 0.4) is 0 Å². The number of nitrogens with zero attached hydrogens (tertiary/aromatic N) is 6. The molecule has 17 nitrogen and oxygen atoms in total. The number of likely N-dealkylation sites (tertiary alicyclic amines) is 1. The number of hydrogen-bond acceptors (Lipinski definition) is 17. The molecule has 0 radical (unpaired) electrons. The van der Waals surface area contributed by atoms with E-state index in [1.54, 1.807) is 0 Å². The summed E-state index contributed by atoms with van der Waals surface area (Å²) in [6, 6.07) is 8.24. The average Bonchev–Trinajstić information content (AvgIpc) is 2.99. The van der Waals surface area contributed by atoms with Crippen LogP contribution in [0, 0.1) is 0 Å². The van der Waals surface area contributed by atoms with Crippen LogP contribution in [0.15, 0.2) is 56.4 Å². The molecule has 0 spiro atoms. The van der Waals surface area contributed by atoms with E-state index in [0.29, 0.717) is 22.5 Å². The van der Waals surface area contributed by atoms with Gasteiger partial charge in [0.15, 0.2) is 9.84 Å². The number of sulfone groups is 1. The third kappa shape index (κ3) is 12.1. The number of aromatic nitrogens is 3. The quantitative estimate of drug-likeness (QED) is 0.0196. The minimum absolute atomic E-state index is 0. The molecule has 244 valence electrons. The number of hydrogen-bond donors (Lipinski definition) is 2. The third-order valence-electron chi connectivity index (χ3n) is 6.85. The molecule has 1 fully saturated rings. The van der Waals surface area contributed by atoms with Crippen molar-refractivity contribution in [1.82, 2.24) is 19.4 Å². The van der Waals surface area contributed by atoms with Gasteiger partial charge < -0.3 is 20.9 Å². The van der Waals surface area contributed by atoms with Crippen LogP contribution in [0.5, 0.6) is 0 Å². The summed E-state index contributed by atoms with van der Waals surface area (Å²) in [4.78, 5) is 13.3. The fourth-order valence-electron chi connectivity index (χ4n) is 4.61. The normalized spacial score (nSPS) is 14.7. The van der Waals surface area contributed by atoms with Crippen molar-refractivity contribution in [3.05, 3.63) is 41.7 Å². The van der Waals surface area contributed by atoms with Gasteiger partial charge in [0.25, 0.3) is 0 Å². The minimum atomic E-state index is -5.05. The number of nitrogen functional groups attached to an aromatic ring is 1. The van der Waals surface area contributed by atoms with Gasteiger partial charge >= 0.3 is 65.1 Å². The van der Waals surface area contributed by atoms with Crippen molar-refractivity contribution in [3.63, 3.8) is 0 Å². The molecular weight excluding hydrogens is 722 g/mol. The maximum absolute atomic E-state index is 12.6. The van der Waals surface area contributed by atoms with Crippen molar-refractivity contribution in [2.75, 3.05) is 43.0 Å². The second-order valence-electron chi connectivity index (χ2n) is 9.70. The molecule has 1 saturated heterocycles. The number of benzene rings is 2. The van der Waals surface area contributed by atoms with Crippen molar-refractivity contribution in [2.24, 2.45) is 10.2 Å². The number of nitrogens with one attached hydrogen (secondary N) is 1. The van der Waals surface area contributed by atoms with E-state index in [2.05, 4.69) is 51.0 Å². The second-order valence-corrected chi connectivity index (χ2v) is 13.9. The summed E-state index contributed by atoms with van der Waals surface area (Å²) in [6.07, 6.45) is 3.17. The van der Waals surface area contributed by atoms with Gasteiger partial charge in [-0.2, -0.15) is 14.4 Å². The maximum Gasteiger partial charge on any atom is 1.00 e. The van der Waals surface area contributed by atoms with Crippen LogP contribution in [0.2, 0.25) is 5.28 Å². The fraction of sp³-hybridized carbons (Fsp3) is 0.375. The van der Waals surface area contributed by atoms with Gasteiger partial charge in [0, 0.05) is 5.69 Å². The van der Waals surface area contributed by atoms with Crippen LogP contribution >= 0.6 is 23.6 Å². The minimum Gasteiger partial charge on any atom is -0.726 e. The standard InChI is InChI=1S/C24H29ClN8O9S3.2Na/c1-2-33(9-4-3-5-10-33)24-29-22(25)28-23(30-24)27-19-14-18(26)21(43-42-41-34)15-20(19)32-31-16-7-6-8-17(13-16)44(35,36)12-11-40-45(37,38)39;;/h6-8,13-15H,2-5,9-12,26H2,1H3,(H2-,27,28,29,30,34,37,38,39);;/q;2*+1/p-1. The Kier molecular flexibility index (Phi) is 16.9. The van der Waals surface area contributed by atoms with Crippen LogP contribution in [0.25, 0.3) is 0 Å². The summed E-state index contributed by atoms with van der Waals surface area (Å²) in [5.74, 6) is -0.134. The number of rotatable bonds is 14. The summed E-state index contributed by atoms with van der Waals surface area (Å²) in [5, 5.41) is 25.2. The van der Waals surface area contributed by atoms with Gasteiger partial charge in [0.2, 0.25) is 21.6 Å². The van der Waals surface area contributed by atoms with E-state index in [9.17, 15) is 26.6 Å². The Balaban J connectivity index is 0.00000384. The van der Waals surface area contributed by atoms with Gasteiger partial charge in [-0.05, 0) is 68.1 Å². The van der Waals surface area contributed by atoms with E-state index in [1.165, 1.54) is 36.4 Å². The van der Waals surface area contributed by atoms with Gasteiger partial charge in [-0.25, -0.2) is 16.8 Å². The Labute approximate surface area is 325 Å². The number of nitrogens with two attached hydrogens (primary N) is 1. The molecule has 47 heavy (non-hydrogen) atoms. The molecule has 4 rings (SSSR count). The van der Waals surface area contributed by atoms with Crippen LogP contribution in [0.4, 0.5) is 34.6 Å². The summed E-state index contributed by atoms with van der Waals surface area (Å²) in [7, 11) is -9.09. The van der Waals surface area contributed by atoms with Crippen molar-refractivity contribution in [3.8, 4) is 0 Å². The SMILES string of the molecule is CC[N+]1(c2nc(Cl)nc(Nc3cc(N)c(SOO[O-])cc3N=Nc3cccc(S(=O)(=O)CCOS(=O)(=O)[O-])c3)n2)CCCCC1.[Na+].[Na+]. The second kappa shape index (κ2) is 18.8. The molecule has 0 aliphatic carbocycles. The van der Waals surface area contributed by atoms with E-state index in [0.717, 1.165) is 38.9 Å². The van der Waals surface area contributed by atoms with Crippen molar-refractivity contribution < 1.29 is 99.3 Å². The Morgan fingerprint density at radius 1 is 1.06 bits per heavy atom. The van der Waals surface area contributed by atoms with Gasteiger partial charge in [-0.3, -0.25) is 13.7 Å². The molecule has 0 bridgehead atoms. The number of halogens is 1. The molecule has 0 amide bonds. The van der Waals surface area contributed by atoms with E-state index in [1.807, 2.05) is 0 Å². The smallest absolute Gasteiger partial charge is 0.726 e. The molecule has 0 unspecified atom stereocenters. The van der Waals surface area contributed by atoms with Gasteiger partial charge in [0.05, 0.1) is 65.2 Å². The van der Waals surface area contributed by atoms with E-state index in [-0.39, 0.29) is 103 Å². The topological polar surface area (TPSA) is 244 Å². The van der Waals surface area contributed by atoms with Gasteiger partial charge in [0.1, 0.15) is 5.69 Å². The Bertz CT molecular complexity index is 1770. The molecule has 0 saturated carbocycles.